The smallest absolute Gasteiger partial charge is 0.338 e. The molecule has 0 saturated heterocycles. The monoisotopic (exact) mass is 504 g/mol. The van der Waals surface area contributed by atoms with Gasteiger partial charge in [0.1, 0.15) is 6.61 Å². The first-order valence-electron chi connectivity index (χ1n) is 10.3. The number of halogens is 2. The topological polar surface area (TPSA) is 60.4 Å². The third-order valence-electron chi connectivity index (χ3n) is 5.26. The Hall–Kier alpha value is -2.61. The second-order valence-electron chi connectivity index (χ2n) is 7.19. The number of thioether (sulfide) groups is 1. The fourth-order valence-electron chi connectivity index (χ4n) is 3.75. The molecule has 0 unspecified atom stereocenters. The van der Waals surface area contributed by atoms with Crippen LogP contribution in [-0.2, 0) is 16.1 Å². The van der Waals surface area contributed by atoms with Crippen molar-refractivity contribution >= 4 is 46.1 Å². The van der Waals surface area contributed by atoms with Crippen LogP contribution in [0.3, 0.4) is 0 Å². The predicted molar refractivity (Wildman–Crippen MR) is 132 cm³/mol. The Balaban J connectivity index is 1.81. The molecule has 9 heteroatoms. The third kappa shape index (κ3) is 4.58. The molecule has 2 aromatic rings. The van der Waals surface area contributed by atoms with E-state index < -0.39 is 12.0 Å². The zero-order valence-electron chi connectivity index (χ0n) is 18.3. The summed E-state index contributed by atoms with van der Waals surface area (Å²) in [7, 11) is 1.57. The van der Waals surface area contributed by atoms with E-state index in [9.17, 15) is 4.79 Å². The maximum Gasteiger partial charge on any atom is 0.338 e. The number of ether oxygens (including phenoxy) is 3. The maximum atomic E-state index is 13.0. The molecule has 6 nitrogen and oxygen atoms in total. The molecule has 0 spiro atoms. The number of hydrogen-bond acceptors (Lipinski definition) is 7. The highest BCUT2D eigenvalue weighted by Gasteiger charge is 2.39. The molecular formula is C24H22Cl2N2O4S. The van der Waals surface area contributed by atoms with Gasteiger partial charge in [-0.3, -0.25) is 0 Å². The van der Waals surface area contributed by atoms with Crippen LogP contribution in [0.25, 0.3) is 0 Å². The quantitative estimate of drug-likeness (QED) is 0.409. The molecule has 0 fully saturated rings. The Morgan fingerprint density at radius 3 is 2.61 bits per heavy atom. The molecule has 0 saturated carbocycles. The summed E-state index contributed by atoms with van der Waals surface area (Å²) in [5.74, 6) is 0.592. The lowest BCUT2D eigenvalue weighted by Crippen LogP contribution is -2.34. The summed E-state index contributed by atoms with van der Waals surface area (Å²) in [6.07, 6.45) is 1.90. The van der Waals surface area contributed by atoms with E-state index in [1.165, 1.54) is 11.8 Å². The summed E-state index contributed by atoms with van der Waals surface area (Å²) in [5, 5.41) is 3.71. The normalized spacial score (nSPS) is 17.1. The standard InChI is InChI=1S/C24H22Cl2N2O4S/c1-4-31-23(29)20-14(2)27-24-28(11-12-33-24)21(20)15-7-5-10-19(30-3)22(15)32-13-16-17(25)8-6-9-18(16)26/h5-12,21H,4,13H2,1-3H3/t21-/m0/s1. The van der Waals surface area contributed by atoms with Crippen molar-refractivity contribution < 1.29 is 19.0 Å². The van der Waals surface area contributed by atoms with Crippen molar-refractivity contribution in [3.8, 4) is 11.5 Å². The lowest BCUT2D eigenvalue weighted by molar-refractivity contribution is -0.139. The van der Waals surface area contributed by atoms with Gasteiger partial charge in [-0.15, -0.1) is 0 Å². The number of methoxy groups -OCH3 is 1. The summed E-state index contributed by atoms with van der Waals surface area (Å²) >= 11 is 14.2. The Morgan fingerprint density at radius 1 is 1.18 bits per heavy atom. The number of hydrogen-bond donors (Lipinski definition) is 0. The molecule has 0 radical (unpaired) electrons. The van der Waals surface area contributed by atoms with Crippen LogP contribution in [-0.4, -0.2) is 29.8 Å². The van der Waals surface area contributed by atoms with Crippen LogP contribution in [0.15, 0.2) is 64.3 Å². The Kier molecular flexibility index (Phi) is 7.22. The Labute approximate surface area is 206 Å². The first-order valence-corrected chi connectivity index (χ1v) is 11.9. The summed E-state index contributed by atoms with van der Waals surface area (Å²) in [4.78, 5) is 19.5. The summed E-state index contributed by atoms with van der Waals surface area (Å²) < 4.78 is 17.3. The van der Waals surface area contributed by atoms with Crippen LogP contribution >= 0.6 is 35.0 Å². The van der Waals surface area contributed by atoms with E-state index in [-0.39, 0.29) is 13.2 Å². The van der Waals surface area contributed by atoms with E-state index in [0.29, 0.717) is 38.4 Å². The average Bonchev–Trinajstić information content (AvgIpc) is 3.26. The second-order valence-corrected chi connectivity index (χ2v) is 8.88. The molecule has 2 heterocycles. The highest BCUT2D eigenvalue weighted by atomic mass is 35.5. The molecule has 1 atom stereocenters. The molecule has 0 bridgehead atoms. The van der Waals surface area contributed by atoms with Gasteiger partial charge in [-0.25, -0.2) is 9.79 Å². The molecule has 2 aliphatic heterocycles. The second kappa shape index (κ2) is 10.1. The number of nitrogens with zero attached hydrogens (tertiary/aromatic N) is 2. The lowest BCUT2D eigenvalue weighted by atomic mass is 9.93. The summed E-state index contributed by atoms with van der Waals surface area (Å²) in [6, 6.07) is 10.4. The number of benzene rings is 2. The molecule has 4 rings (SSSR count). The average molecular weight is 505 g/mol. The van der Waals surface area contributed by atoms with Gasteiger partial charge in [0, 0.05) is 27.4 Å². The van der Waals surface area contributed by atoms with Crippen molar-refractivity contribution in [2.24, 2.45) is 4.99 Å². The number of para-hydroxylation sites is 1. The van der Waals surface area contributed by atoms with Crippen LogP contribution in [0, 0.1) is 0 Å². The van der Waals surface area contributed by atoms with Crippen molar-refractivity contribution in [3.05, 3.63) is 80.4 Å². The van der Waals surface area contributed by atoms with E-state index in [1.807, 2.05) is 35.6 Å². The first-order chi connectivity index (χ1) is 16.0. The van der Waals surface area contributed by atoms with E-state index in [1.54, 1.807) is 38.3 Å². The van der Waals surface area contributed by atoms with Crippen molar-refractivity contribution in [2.45, 2.75) is 26.5 Å². The van der Waals surface area contributed by atoms with Gasteiger partial charge in [-0.1, -0.05) is 53.2 Å². The van der Waals surface area contributed by atoms with Gasteiger partial charge in [0.05, 0.1) is 31.0 Å². The minimum absolute atomic E-state index is 0.127. The predicted octanol–water partition coefficient (Wildman–Crippen LogP) is 6.35. The van der Waals surface area contributed by atoms with Crippen molar-refractivity contribution in [1.29, 1.82) is 0 Å². The van der Waals surface area contributed by atoms with Gasteiger partial charge >= 0.3 is 5.97 Å². The third-order valence-corrected chi connectivity index (χ3v) is 6.74. The number of carbonyl (C=O) groups is 1. The van der Waals surface area contributed by atoms with E-state index in [2.05, 4.69) is 4.99 Å². The molecule has 2 aromatic carbocycles. The van der Waals surface area contributed by atoms with Gasteiger partial charge in [0.25, 0.3) is 0 Å². The molecule has 172 valence electrons. The molecule has 0 aromatic heterocycles. The molecular weight excluding hydrogens is 483 g/mol. The molecule has 33 heavy (non-hydrogen) atoms. The highest BCUT2D eigenvalue weighted by molar-refractivity contribution is 8.16. The van der Waals surface area contributed by atoms with E-state index in [4.69, 9.17) is 37.4 Å². The van der Waals surface area contributed by atoms with Gasteiger partial charge in [0.15, 0.2) is 16.7 Å². The fourth-order valence-corrected chi connectivity index (χ4v) is 5.05. The largest absolute Gasteiger partial charge is 0.493 e. The van der Waals surface area contributed by atoms with Crippen LogP contribution in [0.2, 0.25) is 10.0 Å². The van der Waals surface area contributed by atoms with Crippen molar-refractivity contribution in [1.82, 2.24) is 4.90 Å². The summed E-state index contributed by atoms with van der Waals surface area (Å²) in [5.41, 5.74) is 2.45. The van der Waals surface area contributed by atoms with Crippen LogP contribution in [0.4, 0.5) is 0 Å². The number of fused-ring (bicyclic) bond motifs is 1. The number of aliphatic imine (C=N–C) groups is 1. The van der Waals surface area contributed by atoms with E-state index in [0.717, 1.165) is 10.7 Å². The lowest BCUT2D eigenvalue weighted by Gasteiger charge is -2.34. The maximum absolute atomic E-state index is 13.0. The number of carbonyl (C=O) groups excluding carboxylic acids is 1. The number of amidine groups is 1. The van der Waals surface area contributed by atoms with E-state index >= 15 is 0 Å². The minimum atomic E-state index is -0.505. The zero-order chi connectivity index (χ0) is 23.5. The van der Waals surface area contributed by atoms with Gasteiger partial charge in [-0.2, -0.15) is 0 Å². The molecule has 0 amide bonds. The minimum Gasteiger partial charge on any atom is -0.493 e. The SMILES string of the molecule is CCOC(=O)C1=C(C)N=C2SC=CN2[C@H]1c1cccc(OC)c1OCc1c(Cl)cccc1Cl. The van der Waals surface area contributed by atoms with Gasteiger partial charge < -0.3 is 19.1 Å². The fraction of sp³-hybridized carbons (Fsp3) is 0.250. The number of rotatable bonds is 7. The van der Waals surface area contributed by atoms with Crippen LogP contribution in [0.1, 0.15) is 31.0 Å². The molecule has 0 aliphatic carbocycles. The first kappa shape index (κ1) is 23.5. The van der Waals surface area contributed by atoms with Gasteiger partial charge in [-0.05, 0) is 37.5 Å². The van der Waals surface area contributed by atoms with Gasteiger partial charge in [0.2, 0.25) is 0 Å². The Bertz CT molecular complexity index is 1160. The highest BCUT2D eigenvalue weighted by Crippen LogP contribution is 2.46. The van der Waals surface area contributed by atoms with Crippen LogP contribution < -0.4 is 9.47 Å². The molecule has 2 aliphatic rings. The van der Waals surface area contributed by atoms with Crippen molar-refractivity contribution in [2.75, 3.05) is 13.7 Å². The number of esters is 1. The van der Waals surface area contributed by atoms with Crippen molar-refractivity contribution in [3.63, 3.8) is 0 Å². The summed E-state index contributed by atoms with van der Waals surface area (Å²) in [6.45, 7) is 3.98. The molecule has 0 N–H and O–H groups in total. The Morgan fingerprint density at radius 2 is 1.91 bits per heavy atom. The number of allylic oxidation sites excluding steroid dienone is 1. The zero-order valence-corrected chi connectivity index (χ0v) is 20.6. The van der Waals surface area contributed by atoms with Crippen LogP contribution in [0.5, 0.6) is 11.5 Å².